The van der Waals surface area contributed by atoms with Crippen LogP contribution in [0.1, 0.15) is 47.0 Å². The maximum absolute atomic E-state index is 10.8. The Morgan fingerprint density at radius 3 is 2.17 bits per heavy atom. The van der Waals surface area contributed by atoms with Gasteiger partial charge in [0.15, 0.2) is 0 Å². The van der Waals surface area contributed by atoms with Crippen molar-refractivity contribution in [2.24, 2.45) is 28.6 Å². The Bertz CT molecular complexity index is 376. The minimum Gasteiger partial charge on any atom is -0.390 e. The van der Waals surface area contributed by atoms with Crippen LogP contribution >= 0.6 is 0 Å². The lowest BCUT2D eigenvalue weighted by molar-refractivity contribution is -0.196. The van der Waals surface area contributed by atoms with Crippen molar-refractivity contribution in [3.63, 3.8) is 0 Å². The third-order valence-electron chi connectivity index (χ3n) is 6.50. The van der Waals surface area contributed by atoms with Crippen LogP contribution in [0.4, 0.5) is 0 Å². The van der Waals surface area contributed by atoms with E-state index in [0.717, 1.165) is 19.3 Å². The van der Waals surface area contributed by atoms with Gasteiger partial charge in [0.1, 0.15) is 0 Å². The first kappa shape index (κ1) is 12.9. The first-order valence-corrected chi connectivity index (χ1v) is 7.22. The summed E-state index contributed by atoms with van der Waals surface area (Å²) in [6.07, 6.45) is 1.33. The summed E-state index contributed by atoms with van der Waals surface area (Å²) in [5.74, 6) is 0.600. The lowest BCUT2D eigenvalue weighted by atomic mass is 9.53. The van der Waals surface area contributed by atoms with Gasteiger partial charge in [0.05, 0.1) is 17.8 Å². The molecule has 3 rings (SSSR count). The Morgan fingerprint density at radius 1 is 0.944 bits per heavy atom. The highest BCUT2D eigenvalue weighted by Gasteiger charge is 2.75. The highest BCUT2D eigenvalue weighted by molar-refractivity contribution is 5.23. The summed E-state index contributed by atoms with van der Waals surface area (Å²) in [6, 6.07) is 0. The van der Waals surface area contributed by atoms with E-state index in [-0.39, 0.29) is 22.7 Å². The van der Waals surface area contributed by atoms with E-state index in [2.05, 4.69) is 20.8 Å². The number of fused-ring (bicyclic) bond motifs is 3. The molecular formula is C15H26O3. The number of aliphatic hydroxyl groups is 3. The molecule has 1 unspecified atom stereocenters. The first-order valence-electron chi connectivity index (χ1n) is 7.22. The maximum atomic E-state index is 10.8. The van der Waals surface area contributed by atoms with Crippen molar-refractivity contribution < 1.29 is 15.3 Å². The smallest absolute Gasteiger partial charge is 0.0859 e. The van der Waals surface area contributed by atoms with Gasteiger partial charge in [-0.25, -0.2) is 0 Å². The molecule has 0 radical (unpaired) electrons. The van der Waals surface area contributed by atoms with Crippen LogP contribution in [0.5, 0.6) is 0 Å². The van der Waals surface area contributed by atoms with Gasteiger partial charge in [0.2, 0.25) is 0 Å². The van der Waals surface area contributed by atoms with E-state index in [1.807, 2.05) is 6.92 Å². The van der Waals surface area contributed by atoms with E-state index in [1.54, 1.807) is 0 Å². The van der Waals surface area contributed by atoms with Crippen molar-refractivity contribution in [2.75, 3.05) is 0 Å². The van der Waals surface area contributed by atoms with Gasteiger partial charge < -0.3 is 15.3 Å². The van der Waals surface area contributed by atoms with Crippen LogP contribution in [0.15, 0.2) is 0 Å². The Labute approximate surface area is 109 Å². The zero-order valence-electron chi connectivity index (χ0n) is 11.8. The molecule has 0 aromatic rings. The van der Waals surface area contributed by atoms with E-state index >= 15 is 0 Å². The predicted octanol–water partition coefficient (Wildman–Crippen LogP) is 1.55. The summed E-state index contributed by atoms with van der Waals surface area (Å²) in [7, 11) is 0. The fourth-order valence-corrected chi connectivity index (χ4v) is 5.57. The molecule has 3 heteroatoms. The van der Waals surface area contributed by atoms with Crippen molar-refractivity contribution >= 4 is 0 Å². The van der Waals surface area contributed by atoms with Crippen LogP contribution in [-0.2, 0) is 0 Å². The van der Waals surface area contributed by atoms with E-state index in [9.17, 15) is 15.3 Å². The van der Waals surface area contributed by atoms with Crippen LogP contribution in [0.2, 0.25) is 0 Å². The average molecular weight is 254 g/mol. The molecule has 3 aliphatic rings. The summed E-state index contributed by atoms with van der Waals surface area (Å²) in [5.41, 5.74) is -0.995. The summed E-state index contributed by atoms with van der Waals surface area (Å²) >= 11 is 0. The predicted molar refractivity (Wildman–Crippen MR) is 68.8 cm³/mol. The van der Waals surface area contributed by atoms with Gasteiger partial charge >= 0.3 is 0 Å². The second-order valence-corrected chi connectivity index (χ2v) is 8.00. The van der Waals surface area contributed by atoms with Crippen molar-refractivity contribution in [1.82, 2.24) is 0 Å². The second kappa shape index (κ2) is 3.31. The highest BCUT2D eigenvalue weighted by atomic mass is 16.3. The van der Waals surface area contributed by atoms with E-state index in [4.69, 9.17) is 0 Å². The molecule has 3 N–H and O–H groups in total. The molecule has 0 aromatic heterocycles. The number of rotatable bonds is 0. The number of hydrogen-bond donors (Lipinski definition) is 3. The van der Waals surface area contributed by atoms with E-state index in [0.29, 0.717) is 5.92 Å². The van der Waals surface area contributed by atoms with Gasteiger partial charge in [-0.3, -0.25) is 0 Å². The molecule has 0 aliphatic heterocycles. The van der Waals surface area contributed by atoms with Crippen molar-refractivity contribution in [3.05, 3.63) is 0 Å². The highest BCUT2D eigenvalue weighted by Crippen LogP contribution is 2.74. The Balaban J connectivity index is 2.06. The van der Waals surface area contributed by atoms with Crippen LogP contribution in [-0.4, -0.2) is 33.1 Å². The third-order valence-corrected chi connectivity index (χ3v) is 6.50. The van der Waals surface area contributed by atoms with E-state index < -0.39 is 17.8 Å². The molecule has 3 nitrogen and oxygen atoms in total. The van der Waals surface area contributed by atoms with Gasteiger partial charge in [-0.1, -0.05) is 20.8 Å². The van der Waals surface area contributed by atoms with Crippen molar-refractivity contribution in [1.29, 1.82) is 0 Å². The lowest BCUT2D eigenvalue weighted by Gasteiger charge is -2.55. The summed E-state index contributed by atoms with van der Waals surface area (Å²) in [5, 5.41) is 31.7. The molecule has 104 valence electrons. The van der Waals surface area contributed by atoms with Crippen LogP contribution in [0, 0.1) is 28.6 Å². The average Bonchev–Trinajstić information content (AvgIpc) is 2.77. The Kier molecular flexibility index (Phi) is 2.37. The third kappa shape index (κ3) is 1.31. The van der Waals surface area contributed by atoms with Gasteiger partial charge in [-0.2, -0.15) is 0 Å². The molecule has 0 spiro atoms. The number of aliphatic hydroxyl groups excluding tert-OH is 2. The molecule has 0 heterocycles. The normalized spacial score (nSPS) is 61.8. The molecule has 3 aliphatic carbocycles. The lowest BCUT2D eigenvalue weighted by Crippen LogP contribution is -2.60. The number of hydrogen-bond acceptors (Lipinski definition) is 3. The molecule has 0 saturated heterocycles. The standard InChI is InChI=1S/C15H26O3/c1-13(2)8-9(13)11-14(3,12(17)10(8)16)6-5-7-15(11,4)18/h8-12,16-18H,5-7H2,1-4H3/t8-,9+,10+,11?,12+,14-,15+/m0/s1. The van der Waals surface area contributed by atoms with Crippen LogP contribution in [0.3, 0.4) is 0 Å². The second-order valence-electron chi connectivity index (χ2n) is 8.00. The molecule has 0 bridgehead atoms. The topological polar surface area (TPSA) is 60.7 Å². The van der Waals surface area contributed by atoms with Crippen LogP contribution < -0.4 is 0 Å². The molecule has 3 fully saturated rings. The first-order chi connectivity index (χ1) is 8.14. The minimum absolute atomic E-state index is 0.0458. The Morgan fingerprint density at radius 2 is 1.56 bits per heavy atom. The zero-order chi connectivity index (χ0) is 13.5. The molecule has 18 heavy (non-hydrogen) atoms. The fourth-order valence-electron chi connectivity index (χ4n) is 5.57. The molecule has 0 amide bonds. The van der Waals surface area contributed by atoms with Crippen molar-refractivity contribution in [3.8, 4) is 0 Å². The van der Waals surface area contributed by atoms with Crippen molar-refractivity contribution in [2.45, 2.75) is 64.8 Å². The fraction of sp³-hybridized carbons (Fsp3) is 1.00. The molecule has 0 aromatic carbocycles. The molecular weight excluding hydrogens is 228 g/mol. The summed E-state index contributed by atoms with van der Waals surface area (Å²) in [6.45, 7) is 8.30. The van der Waals surface area contributed by atoms with E-state index in [1.165, 1.54) is 0 Å². The van der Waals surface area contributed by atoms with Gasteiger partial charge in [0, 0.05) is 5.41 Å². The maximum Gasteiger partial charge on any atom is 0.0859 e. The van der Waals surface area contributed by atoms with Gasteiger partial charge in [-0.05, 0) is 49.4 Å². The SMILES string of the molecule is CC1(C)[C@@H]2[C@@H](O)[C@@H](O)[C@@]3(C)CCC[C@@](C)(O)C3[C@@H]21. The quantitative estimate of drug-likeness (QED) is 0.614. The monoisotopic (exact) mass is 254 g/mol. The molecule has 3 saturated carbocycles. The van der Waals surface area contributed by atoms with Gasteiger partial charge in [0.25, 0.3) is 0 Å². The Hall–Kier alpha value is -0.120. The van der Waals surface area contributed by atoms with Gasteiger partial charge in [-0.15, -0.1) is 0 Å². The largest absolute Gasteiger partial charge is 0.390 e. The summed E-state index contributed by atoms with van der Waals surface area (Å²) < 4.78 is 0. The zero-order valence-corrected chi connectivity index (χ0v) is 11.8. The summed E-state index contributed by atoms with van der Waals surface area (Å²) in [4.78, 5) is 0. The molecule has 7 atom stereocenters. The van der Waals surface area contributed by atoms with Crippen LogP contribution in [0.25, 0.3) is 0 Å². The minimum atomic E-state index is -0.704.